The van der Waals surface area contributed by atoms with Gasteiger partial charge in [0.15, 0.2) is 0 Å². The second-order valence-electron chi connectivity index (χ2n) is 7.46. The summed E-state index contributed by atoms with van der Waals surface area (Å²) in [5, 5.41) is 14.7. The van der Waals surface area contributed by atoms with Gasteiger partial charge in [-0.1, -0.05) is 6.07 Å². The predicted molar refractivity (Wildman–Crippen MR) is 111 cm³/mol. The average Bonchev–Trinajstić information content (AvgIpc) is 3.39. The maximum Gasteiger partial charge on any atom is 0.245 e. The Labute approximate surface area is 170 Å². The van der Waals surface area contributed by atoms with Crippen LogP contribution in [0.4, 0.5) is 0 Å². The molecule has 1 aliphatic rings. The van der Waals surface area contributed by atoms with Crippen LogP contribution in [0.2, 0.25) is 0 Å². The Morgan fingerprint density at radius 3 is 2.75 bits per heavy atom. The number of thiol groups is 1. The van der Waals surface area contributed by atoms with E-state index in [4.69, 9.17) is 0 Å². The molecule has 0 radical (unpaired) electrons. The number of aromatic nitrogens is 3. The molecule has 3 heterocycles. The average molecular weight is 399 g/mol. The van der Waals surface area contributed by atoms with Crippen molar-refractivity contribution in [3.05, 3.63) is 48.9 Å². The molecule has 1 N–H and O–H groups in total. The molecule has 0 saturated carbocycles. The molecule has 3 aromatic rings. The number of benzene rings is 1. The Morgan fingerprint density at radius 1 is 1.21 bits per heavy atom. The number of hydrogen-bond acceptors (Lipinski definition) is 4. The van der Waals surface area contributed by atoms with E-state index in [1.54, 1.807) is 6.20 Å². The van der Waals surface area contributed by atoms with Crippen LogP contribution in [0.15, 0.2) is 53.8 Å². The van der Waals surface area contributed by atoms with Crippen LogP contribution >= 0.6 is 12.6 Å². The predicted octanol–water partition coefficient (Wildman–Crippen LogP) is 2.99. The zero-order chi connectivity index (χ0) is 19.5. The summed E-state index contributed by atoms with van der Waals surface area (Å²) in [7, 11) is 0. The van der Waals surface area contributed by atoms with Gasteiger partial charge in [0.2, 0.25) is 5.91 Å². The molecule has 0 spiro atoms. The molecule has 0 bridgehead atoms. The van der Waals surface area contributed by atoms with Crippen molar-refractivity contribution in [3.63, 3.8) is 0 Å². The minimum atomic E-state index is -0.289. The van der Waals surface area contributed by atoms with Crippen LogP contribution in [0, 0.1) is 5.92 Å². The maximum atomic E-state index is 13.5. The quantitative estimate of drug-likeness (QED) is 0.628. The number of likely N-dealkylation sites (tertiary alicyclic amines) is 1. The lowest BCUT2D eigenvalue weighted by atomic mass is 9.97. The Hall–Kier alpha value is -2.25. The largest absolute Gasteiger partial charge is 0.396 e. The monoisotopic (exact) mass is 398 g/mol. The lowest BCUT2D eigenvalue weighted by Crippen LogP contribution is -2.43. The fourth-order valence-corrected chi connectivity index (χ4v) is 4.33. The molecule has 1 unspecified atom stereocenters. The number of hydrogen-bond donors (Lipinski definition) is 2. The smallest absolute Gasteiger partial charge is 0.245 e. The SMILES string of the molecule is O=C(C(CCn1cccn1)n1ccc2c(S)cccc21)N1CCC(CO)CC1. The number of rotatable bonds is 6. The van der Waals surface area contributed by atoms with Crippen LogP contribution in [0.3, 0.4) is 0 Å². The summed E-state index contributed by atoms with van der Waals surface area (Å²) in [6.07, 6.45) is 8.07. The van der Waals surface area contributed by atoms with E-state index < -0.39 is 0 Å². The zero-order valence-corrected chi connectivity index (χ0v) is 16.7. The van der Waals surface area contributed by atoms with Gasteiger partial charge >= 0.3 is 0 Å². The minimum Gasteiger partial charge on any atom is -0.396 e. The van der Waals surface area contributed by atoms with Gasteiger partial charge in [0.25, 0.3) is 0 Å². The van der Waals surface area contributed by atoms with Gasteiger partial charge in [0.05, 0.1) is 0 Å². The molecule has 4 rings (SSSR count). The molecule has 1 amide bonds. The van der Waals surface area contributed by atoms with E-state index in [9.17, 15) is 9.90 Å². The number of carbonyl (C=O) groups is 1. The van der Waals surface area contributed by atoms with Crippen LogP contribution in [0.25, 0.3) is 10.9 Å². The second-order valence-corrected chi connectivity index (χ2v) is 7.94. The van der Waals surface area contributed by atoms with Crippen molar-refractivity contribution >= 4 is 29.4 Å². The highest BCUT2D eigenvalue weighted by Gasteiger charge is 2.29. The molecule has 1 fully saturated rings. The third-order valence-electron chi connectivity index (χ3n) is 5.74. The van der Waals surface area contributed by atoms with Gasteiger partial charge in [0, 0.05) is 60.6 Å². The first-order valence-corrected chi connectivity index (χ1v) is 10.3. The van der Waals surface area contributed by atoms with Gasteiger partial charge in [-0.3, -0.25) is 9.48 Å². The number of carbonyl (C=O) groups excluding carboxylic acids is 1. The van der Waals surface area contributed by atoms with E-state index in [1.165, 1.54) is 0 Å². The third-order valence-corrected chi connectivity index (χ3v) is 6.13. The highest BCUT2D eigenvalue weighted by molar-refractivity contribution is 7.80. The van der Waals surface area contributed by atoms with E-state index in [1.807, 2.05) is 52.3 Å². The standard InChI is InChI=1S/C21H26N4O2S/c26-15-16-5-11-23(12-6-16)21(27)19(8-13-24-10-2-9-22-24)25-14-7-17-18(25)3-1-4-20(17)28/h1-4,7,9-10,14,16,19,26,28H,5-6,8,11-13,15H2. The Bertz CT molecular complexity index is 929. The fourth-order valence-electron chi connectivity index (χ4n) is 4.06. The Kier molecular flexibility index (Phi) is 5.73. The number of aliphatic hydroxyl groups is 1. The number of aliphatic hydroxyl groups excluding tert-OH is 1. The molecule has 1 aliphatic heterocycles. The van der Waals surface area contributed by atoms with Gasteiger partial charge in [-0.15, -0.1) is 12.6 Å². The topological polar surface area (TPSA) is 63.3 Å². The van der Waals surface area contributed by atoms with Crippen molar-refractivity contribution < 1.29 is 9.90 Å². The fraction of sp³-hybridized carbons (Fsp3) is 0.429. The van der Waals surface area contributed by atoms with Crippen molar-refractivity contribution in [1.82, 2.24) is 19.2 Å². The van der Waals surface area contributed by atoms with Crippen molar-refractivity contribution in [2.75, 3.05) is 19.7 Å². The zero-order valence-electron chi connectivity index (χ0n) is 15.8. The first kappa shape index (κ1) is 19.1. The second kappa shape index (κ2) is 8.41. The van der Waals surface area contributed by atoms with Crippen LogP contribution < -0.4 is 0 Å². The summed E-state index contributed by atoms with van der Waals surface area (Å²) in [5.74, 6) is 0.455. The highest BCUT2D eigenvalue weighted by Crippen LogP contribution is 2.29. The summed E-state index contributed by atoms with van der Waals surface area (Å²) in [6.45, 7) is 2.30. The summed E-state index contributed by atoms with van der Waals surface area (Å²) >= 11 is 4.56. The molecule has 1 aromatic carbocycles. The Morgan fingerprint density at radius 2 is 2.04 bits per heavy atom. The number of fused-ring (bicyclic) bond motifs is 1. The first-order chi connectivity index (χ1) is 13.7. The van der Waals surface area contributed by atoms with Crippen LogP contribution in [0.5, 0.6) is 0 Å². The number of aryl methyl sites for hydroxylation is 1. The number of amides is 1. The lowest BCUT2D eigenvalue weighted by Gasteiger charge is -2.34. The first-order valence-electron chi connectivity index (χ1n) is 9.83. The van der Waals surface area contributed by atoms with E-state index >= 15 is 0 Å². The lowest BCUT2D eigenvalue weighted by molar-refractivity contribution is -0.136. The number of nitrogens with zero attached hydrogens (tertiary/aromatic N) is 4. The summed E-state index contributed by atoms with van der Waals surface area (Å²) in [4.78, 5) is 16.3. The van der Waals surface area contributed by atoms with Gasteiger partial charge in [-0.2, -0.15) is 5.10 Å². The molecular weight excluding hydrogens is 372 g/mol. The van der Waals surface area contributed by atoms with Gasteiger partial charge < -0.3 is 14.6 Å². The van der Waals surface area contributed by atoms with Crippen molar-refractivity contribution in [2.45, 2.75) is 36.7 Å². The van der Waals surface area contributed by atoms with E-state index in [-0.39, 0.29) is 18.6 Å². The van der Waals surface area contributed by atoms with Gasteiger partial charge in [-0.25, -0.2) is 0 Å². The molecular formula is C21H26N4O2S. The number of piperidine rings is 1. The van der Waals surface area contributed by atoms with Crippen molar-refractivity contribution in [2.24, 2.45) is 5.92 Å². The molecule has 2 aromatic heterocycles. The molecule has 0 aliphatic carbocycles. The van der Waals surface area contributed by atoms with E-state index in [0.717, 1.165) is 28.6 Å². The normalized spacial score (nSPS) is 16.6. The van der Waals surface area contributed by atoms with E-state index in [0.29, 0.717) is 32.0 Å². The van der Waals surface area contributed by atoms with Gasteiger partial charge in [-0.05, 0) is 49.4 Å². The van der Waals surface area contributed by atoms with Crippen LogP contribution in [-0.4, -0.2) is 50.0 Å². The summed E-state index contributed by atoms with van der Waals surface area (Å²) in [5.41, 5.74) is 1.02. The summed E-state index contributed by atoms with van der Waals surface area (Å²) in [6, 6.07) is 9.63. The van der Waals surface area contributed by atoms with Crippen molar-refractivity contribution in [1.29, 1.82) is 0 Å². The molecule has 1 saturated heterocycles. The van der Waals surface area contributed by atoms with E-state index in [2.05, 4.69) is 22.3 Å². The third kappa shape index (κ3) is 3.82. The maximum absolute atomic E-state index is 13.5. The van der Waals surface area contributed by atoms with Crippen LogP contribution in [0.1, 0.15) is 25.3 Å². The molecule has 1 atom stereocenters. The molecule has 6 nitrogen and oxygen atoms in total. The van der Waals surface area contributed by atoms with Crippen molar-refractivity contribution in [3.8, 4) is 0 Å². The molecule has 7 heteroatoms. The summed E-state index contributed by atoms with van der Waals surface area (Å²) < 4.78 is 3.95. The Balaban J connectivity index is 1.61. The van der Waals surface area contributed by atoms with Crippen LogP contribution in [-0.2, 0) is 11.3 Å². The highest BCUT2D eigenvalue weighted by atomic mass is 32.1. The minimum absolute atomic E-state index is 0.144. The van der Waals surface area contributed by atoms with Gasteiger partial charge in [0.1, 0.15) is 6.04 Å². The molecule has 28 heavy (non-hydrogen) atoms. The molecule has 148 valence electrons.